The van der Waals surface area contributed by atoms with Gasteiger partial charge < -0.3 is 20.3 Å². The largest absolute Gasteiger partial charge is 0.465 e. The van der Waals surface area contributed by atoms with Gasteiger partial charge in [-0.15, -0.1) is 21.5 Å². The monoisotopic (exact) mass is 669 g/mol. The molecule has 4 heterocycles. The van der Waals surface area contributed by atoms with Gasteiger partial charge in [-0.05, 0) is 56.7 Å². The third kappa shape index (κ3) is 6.41. The number of nitrogens with zero attached hydrogens (tertiary/aromatic N) is 6. The molecule has 1 fully saturated rings. The average Bonchev–Trinajstić information content (AvgIpc) is 3.56. The summed E-state index contributed by atoms with van der Waals surface area (Å²) >= 11 is 7.93. The molecule has 242 valence electrons. The second kappa shape index (κ2) is 13.7. The molecule has 0 aliphatic carbocycles. The Labute approximate surface area is 283 Å². The molecule has 2 aliphatic heterocycles. The first-order valence-corrected chi connectivity index (χ1v) is 16.7. The molecule has 10 nitrogen and oxygen atoms in total. The second-order valence-corrected chi connectivity index (χ2v) is 13.2. The predicted octanol–water partition coefficient (Wildman–Crippen LogP) is 5.03. The molecule has 1 atom stereocenters. The van der Waals surface area contributed by atoms with Crippen LogP contribution >= 0.6 is 22.9 Å². The van der Waals surface area contributed by atoms with Crippen LogP contribution in [0.5, 0.6) is 0 Å². The standard InChI is InChI=1S/C35H36ClN7O3S/c1-21-22(2)47-34-31(21)32(25-8-11-26(36)12-9-25)38-29(33-40-39-23(3)43(33)34)20-30(44)42-17-15-41(16-18-42)27-13-10-24(7-5-6-14-37)28(19-27)35(45)46-4/h8-13,19,29H,6,14-18,20,37H2,1-4H3/t29-/m0/s1. The first kappa shape index (κ1) is 32.4. The summed E-state index contributed by atoms with van der Waals surface area (Å²) in [5, 5.41) is 10.6. The molecule has 47 heavy (non-hydrogen) atoms. The molecule has 2 aliphatic rings. The molecule has 2 N–H and O–H groups in total. The van der Waals surface area contributed by atoms with Crippen molar-refractivity contribution in [2.24, 2.45) is 10.7 Å². The minimum Gasteiger partial charge on any atom is -0.465 e. The zero-order valence-electron chi connectivity index (χ0n) is 26.8. The molecule has 6 rings (SSSR count). The van der Waals surface area contributed by atoms with Crippen LogP contribution in [0.1, 0.15) is 68.0 Å². The first-order chi connectivity index (χ1) is 22.7. The van der Waals surface area contributed by atoms with Crippen LogP contribution in [-0.2, 0) is 9.53 Å². The van der Waals surface area contributed by atoms with Gasteiger partial charge in [-0.1, -0.05) is 35.6 Å². The molecule has 1 saturated heterocycles. The summed E-state index contributed by atoms with van der Waals surface area (Å²) < 4.78 is 7.08. The minimum atomic E-state index is -0.526. The molecule has 0 unspecified atom stereocenters. The molecule has 1 amide bonds. The Morgan fingerprint density at radius 3 is 2.51 bits per heavy atom. The number of aliphatic imine (C=N–C) groups is 1. The lowest BCUT2D eigenvalue weighted by Crippen LogP contribution is -2.49. The molecule has 2 aromatic heterocycles. The minimum absolute atomic E-state index is 0.00000730. The highest BCUT2D eigenvalue weighted by atomic mass is 35.5. The van der Waals surface area contributed by atoms with Crippen LogP contribution in [0.15, 0.2) is 47.5 Å². The van der Waals surface area contributed by atoms with E-state index in [9.17, 15) is 9.59 Å². The molecule has 12 heteroatoms. The smallest absolute Gasteiger partial charge is 0.339 e. The number of hydrogen-bond acceptors (Lipinski definition) is 9. The molecule has 0 saturated carbocycles. The van der Waals surface area contributed by atoms with E-state index in [-0.39, 0.29) is 12.3 Å². The highest BCUT2D eigenvalue weighted by molar-refractivity contribution is 7.15. The van der Waals surface area contributed by atoms with Gasteiger partial charge in [0.2, 0.25) is 5.91 Å². The fourth-order valence-electron chi connectivity index (χ4n) is 5.99. The highest BCUT2D eigenvalue weighted by Crippen LogP contribution is 2.40. The second-order valence-electron chi connectivity index (χ2n) is 11.5. The van der Waals surface area contributed by atoms with Crippen molar-refractivity contribution in [3.63, 3.8) is 0 Å². The fraction of sp³-hybridized carbons (Fsp3) is 0.343. The van der Waals surface area contributed by atoms with Gasteiger partial charge in [0.05, 0.1) is 24.8 Å². The number of aromatic nitrogens is 3. The normalized spacial score (nSPS) is 15.6. The van der Waals surface area contributed by atoms with E-state index in [0.717, 1.165) is 38.9 Å². The maximum absolute atomic E-state index is 13.9. The Kier molecular flexibility index (Phi) is 9.45. The van der Waals surface area contributed by atoms with Crippen molar-refractivity contribution in [2.45, 2.75) is 39.7 Å². The molecular formula is C35H36ClN7O3S. The van der Waals surface area contributed by atoms with E-state index in [4.69, 9.17) is 27.1 Å². The zero-order valence-corrected chi connectivity index (χ0v) is 28.4. The lowest BCUT2D eigenvalue weighted by Gasteiger charge is -2.36. The van der Waals surface area contributed by atoms with Crippen molar-refractivity contribution in [3.8, 4) is 16.8 Å². The Morgan fingerprint density at radius 2 is 1.81 bits per heavy atom. The summed E-state index contributed by atoms with van der Waals surface area (Å²) in [4.78, 5) is 36.9. The summed E-state index contributed by atoms with van der Waals surface area (Å²) in [6, 6.07) is 12.7. The molecule has 2 aromatic carbocycles. The number of ether oxygens (including phenoxy) is 1. The van der Waals surface area contributed by atoms with Gasteiger partial charge in [0.25, 0.3) is 0 Å². The molecular weight excluding hydrogens is 634 g/mol. The summed E-state index contributed by atoms with van der Waals surface area (Å²) in [6.07, 6.45) is 0.698. The van der Waals surface area contributed by atoms with E-state index in [1.165, 1.54) is 12.0 Å². The number of amides is 1. The lowest BCUT2D eigenvalue weighted by atomic mass is 9.99. The van der Waals surface area contributed by atoms with E-state index in [1.54, 1.807) is 11.3 Å². The van der Waals surface area contributed by atoms with Gasteiger partial charge in [-0.2, -0.15) is 0 Å². The summed E-state index contributed by atoms with van der Waals surface area (Å²) in [5.74, 6) is 6.99. The number of rotatable bonds is 6. The number of benzene rings is 2. The number of fused-ring (bicyclic) bond motifs is 3. The van der Waals surface area contributed by atoms with Crippen molar-refractivity contribution in [1.82, 2.24) is 19.7 Å². The van der Waals surface area contributed by atoms with E-state index >= 15 is 0 Å². The van der Waals surface area contributed by atoms with Gasteiger partial charge in [0.1, 0.15) is 16.9 Å². The SMILES string of the molecule is COC(=O)c1cc(N2CCN(C(=O)C[C@@H]3N=C(c4ccc(Cl)cc4)c4c(sc(C)c4C)-n4c(C)nnc43)CC2)ccc1C#CCCN. The number of carbonyl (C=O) groups excluding carboxylic acids is 2. The molecule has 0 radical (unpaired) electrons. The Bertz CT molecular complexity index is 1930. The van der Waals surface area contributed by atoms with Crippen LogP contribution in [0, 0.1) is 32.6 Å². The topological polar surface area (TPSA) is 119 Å². The first-order valence-electron chi connectivity index (χ1n) is 15.5. The molecule has 0 bridgehead atoms. The summed E-state index contributed by atoms with van der Waals surface area (Å²) in [7, 11) is 1.36. The Balaban J connectivity index is 1.24. The lowest BCUT2D eigenvalue weighted by molar-refractivity contribution is -0.131. The number of hydrogen-bond donors (Lipinski definition) is 1. The van der Waals surface area contributed by atoms with Gasteiger partial charge in [0, 0.05) is 71.4 Å². The van der Waals surface area contributed by atoms with Crippen molar-refractivity contribution < 1.29 is 14.3 Å². The highest BCUT2D eigenvalue weighted by Gasteiger charge is 2.34. The summed E-state index contributed by atoms with van der Waals surface area (Å²) in [5.41, 5.74) is 11.4. The van der Waals surface area contributed by atoms with Gasteiger partial charge in [-0.25, -0.2) is 4.79 Å². The number of anilines is 1. The third-order valence-electron chi connectivity index (χ3n) is 8.62. The third-order valence-corrected chi connectivity index (χ3v) is 10.1. The molecule has 4 aromatic rings. The van der Waals surface area contributed by atoms with Crippen LogP contribution in [0.25, 0.3) is 5.00 Å². The quantitative estimate of drug-likeness (QED) is 0.226. The van der Waals surface area contributed by atoms with E-state index in [2.05, 4.69) is 45.4 Å². The van der Waals surface area contributed by atoms with Gasteiger partial charge in [-0.3, -0.25) is 14.4 Å². The van der Waals surface area contributed by atoms with Crippen molar-refractivity contribution in [1.29, 1.82) is 0 Å². The number of nitrogens with two attached hydrogens (primary N) is 1. The summed E-state index contributed by atoms with van der Waals surface area (Å²) in [6.45, 7) is 8.88. The van der Waals surface area contributed by atoms with Crippen LogP contribution in [0.4, 0.5) is 5.69 Å². The maximum atomic E-state index is 13.9. The van der Waals surface area contributed by atoms with Crippen molar-refractivity contribution >= 4 is 46.2 Å². The van der Waals surface area contributed by atoms with Crippen molar-refractivity contribution in [2.75, 3.05) is 44.7 Å². The van der Waals surface area contributed by atoms with Crippen LogP contribution in [0.2, 0.25) is 5.02 Å². The number of aryl methyl sites for hydroxylation is 2. The Hall–Kier alpha value is -4.50. The van der Waals surface area contributed by atoms with E-state index < -0.39 is 12.0 Å². The number of methoxy groups -OCH3 is 1. The predicted molar refractivity (Wildman–Crippen MR) is 185 cm³/mol. The number of carbonyl (C=O) groups is 2. The maximum Gasteiger partial charge on any atom is 0.339 e. The number of piperazine rings is 1. The van der Waals surface area contributed by atoms with E-state index in [1.807, 2.05) is 54.3 Å². The fourth-order valence-corrected chi connectivity index (χ4v) is 7.33. The van der Waals surface area contributed by atoms with Crippen molar-refractivity contribution in [3.05, 3.63) is 91.8 Å². The van der Waals surface area contributed by atoms with Crippen LogP contribution < -0.4 is 10.6 Å². The number of thiophene rings is 1. The van der Waals surface area contributed by atoms with Gasteiger partial charge >= 0.3 is 5.97 Å². The Morgan fingerprint density at radius 1 is 1.06 bits per heavy atom. The van der Waals surface area contributed by atoms with Crippen LogP contribution in [0.3, 0.4) is 0 Å². The number of esters is 1. The molecule has 0 spiro atoms. The zero-order chi connectivity index (χ0) is 33.2. The van der Waals surface area contributed by atoms with Crippen LogP contribution in [-0.4, -0.2) is 77.1 Å². The number of halogens is 1. The average molecular weight is 670 g/mol. The van der Waals surface area contributed by atoms with E-state index in [0.29, 0.717) is 61.1 Å². The van der Waals surface area contributed by atoms with Gasteiger partial charge in [0.15, 0.2) is 5.82 Å².